The quantitative estimate of drug-likeness (QED) is 0.818. The topological polar surface area (TPSA) is 79.7 Å². The number of rotatable bonds is 6. The van der Waals surface area contributed by atoms with Crippen LogP contribution in [0.2, 0.25) is 0 Å². The van der Waals surface area contributed by atoms with Crippen molar-refractivity contribution in [3.8, 4) is 0 Å². The molecule has 2 aromatic rings. The SMILES string of the molecule is CN(C)c1ccc2sc(SOC(=O)CCC(=O)O)nc2c1. The highest BCUT2D eigenvalue weighted by atomic mass is 32.2. The predicted octanol–water partition coefficient (Wildman–Crippen LogP) is 2.78. The van der Waals surface area contributed by atoms with Gasteiger partial charge in [-0.3, -0.25) is 9.59 Å². The van der Waals surface area contributed by atoms with Crippen molar-refractivity contribution >= 4 is 51.2 Å². The lowest BCUT2D eigenvalue weighted by Gasteiger charge is -2.11. The van der Waals surface area contributed by atoms with Crippen LogP contribution in [0.1, 0.15) is 12.8 Å². The fourth-order valence-electron chi connectivity index (χ4n) is 1.54. The smallest absolute Gasteiger partial charge is 0.318 e. The van der Waals surface area contributed by atoms with Gasteiger partial charge < -0.3 is 14.2 Å². The van der Waals surface area contributed by atoms with Gasteiger partial charge in [0.05, 0.1) is 23.1 Å². The summed E-state index contributed by atoms with van der Waals surface area (Å²) in [4.78, 5) is 28.1. The Labute approximate surface area is 129 Å². The van der Waals surface area contributed by atoms with Gasteiger partial charge in [-0.1, -0.05) is 0 Å². The molecule has 0 aliphatic carbocycles. The number of anilines is 1. The predicted molar refractivity (Wildman–Crippen MR) is 82.8 cm³/mol. The number of carbonyl (C=O) groups excluding carboxylic acids is 1. The number of aliphatic carboxylic acids is 1. The summed E-state index contributed by atoms with van der Waals surface area (Å²) in [6.07, 6.45) is -0.372. The van der Waals surface area contributed by atoms with Crippen LogP contribution in [0, 0.1) is 0 Å². The molecule has 0 atom stereocenters. The zero-order valence-electron chi connectivity index (χ0n) is 11.5. The largest absolute Gasteiger partial charge is 0.481 e. The summed E-state index contributed by atoms with van der Waals surface area (Å²) in [6, 6.07) is 5.93. The minimum Gasteiger partial charge on any atom is -0.481 e. The molecule has 1 heterocycles. The van der Waals surface area contributed by atoms with Crippen molar-refractivity contribution in [2.24, 2.45) is 0 Å². The molecule has 0 aliphatic heterocycles. The molecule has 0 saturated heterocycles. The molecule has 0 spiro atoms. The summed E-state index contributed by atoms with van der Waals surface area (Å²) >= 11 is 2.30. The van der Waals surface area contributed by atoms with Gasteiger partial charge in [0.2, 0.25) is 0 Å². The van der Waals surface area contributed by atoms with Crippen LogP contribution in [0.3, 0.4) is 0 Å². The lowest BCUT2D eigenvalue weighted by molar-refractivity contribution is -0.141. The minimum absolute atomic E-state index is 0.141. The fourth-order valence-corrected chi connectivity index (χ4v) is 3.11. The van der Waals surface area contributed by atoms with E-state index in [1.54, 1.807) is 0 Å². The Kier molecular flexibility index (Phi) is 5.03. The molecule has 1 aromatic heterocycles. The van der Waals surface area contributed by atoms with Gasteiger partial charge in [-0.05, 0) is 18.2 Å². The average molecular weight is 326 g/mol. The van der Waals surface area contributed by atoms with Crippen LogP contribution in [-0.4, -0.2) is 36.1 Å². The molecule has 0 unspecified atom stereocenters. The van der Waals surface area contributed by atoms with Crippen molar-refractivity contribution in [3.63, 3.8) is 0 Å². The van der Waals surface area contributed by atoms with Crippen molar-refractivity contribution in [3.05, 3.63) is 18.2 Å². The molecule has 1 aromatic carbocycles. The van der Waals surface area contributed by atoms with E-state index in [1.165, 1.54) is 11.3 Å². The summed E-state index contributed by atoms with van der Waals surface area (Å²) < 4.78 is 6.56. The zero-order valence-corrected chi connectivity index (χ0v) is 13.2. The zero-order chi connectivity index (χ0) is 15.4. The number of thiazole rings is 1. The number of carboxylic acid groups (broad SMARTS) is 1. The van der Waals surface area contributed by atoms with E-state index in [0.29, 0.717) is 4.34 Å². The van der Waals surface area contributed by atoms with Crippen LogP contribution >= 0.6 is 23.4 Å². The summed E-state index contributed by atoms with van der Waals surface area (Å²) in [5.74, 6) is -1.58. The monoisotopic (exact) mass is 326 g/mol. The van der Waals surface area contributed by atoms with Crippen LogP contribution in [0.25, 0.3) is 10.2 Å². The van der Waals surface area contributed by atoms with Gasteiger partial charge in [0, 0.05) is 19.8 Å². The molecular weight excluding hydrogens is 312 g/mol. The van der Waals surface area contributed by atoms with E-state index in [4.69, 9.17) is 9.29 Å². The van der Waals surface area contributed by atoms with Crippen molar-refractivity contribution in [1.29, 1.82) is 0 Å². The fraction of sp³-hybridized carbons (Fsp3) is 0.308. The van der Waals surface area contributed by atoms with E-state index in [2.05, 4.69) is 4.98 Å². The Bertz CT molecular complexity index is 669. The Morgan fingerprint density at radius 1 is 1.38 bits per heavy atom. The highest BCUT2D eigenvalue weighted by Crippen LogP contribution is 2.32. The van der Waals surface area contributed by atoms with Crippen molar-refractivity contribution < 1.29 is 18.9 Å². The van der Waals surface area contributed by atoms with Gasteiger partial charge in [-0.2, -0.15) is 0 Å². The number of fused-ring (bicyclic) bond motifs is 1. The van der Waals surface area contributed by atoms with Gasteiger partial charge in [-0.15, -0.1) is 11.3 Å². The number of nitrogens with zero attached hydrogens (tertiary/aromatic N) is 2. The molecule has 21 heavy (non-hydrogen) atoms. The minimum atomic E-state index is -1.02. The molecule has 0 fully saturated rings. The van der Waals surface area contributed by atoms with Gasteiger partial charge in [-0.25, -0.2) is 4.98 Å². The van der Waals surface area contributed by atoms with E-state index in [1.807, 2.05) is 37.2 Å². The van der Waals surface area contributed by atoms with Crippen molar-refractivity contribution in [2.45, 2.75) is 17.2 Å². The number of carbonyl (C=O) groups is 2. The first kappa shape index (κ1) is 15.6. The summed E-state index contributed by atoms with van der Waals surface area (Å²) in [6.45, 7) is 0. The average Bonchev–Trinajstić information content (AvgIpc) is 2.84. The lowest BCUT2D eigenvalue weighted by Crippen LogP contribution is -2.07. The first-order chi connectivity index (χ1) is 9.95. The second-order valence-corrected chi connectivity index (χ2v) is 6.47. The van der Waals surface area contributed by atoms with E-state index in [0.717, 1.165) is 27.9 Å². The summed E-state index contributed by atoms with van der Waals surface area (Å²) in [5, 5.41) is 8.48. The second kappa shape index (κ2) is 6.77. The van der Waals surface area contributed by atoms with Gasteiger partial charge in [0.25, 0.3) is 0 Å². The number of aromatic nitrogens is 1. The van der Waals surface area contributed by atoms with E-state index in [9.17, 15) is 9.59 Å². The molecule has 0 radical (unpaired) electrons. The van der Waals surface area contributed by atoms with Gasteiger partial charge >= 0.3 is 11.9 Å². The molecular formula is C13H14N2O4S2. The van der Waals surface area contributed by atoms with Crippen LogP contribution < -0.4 is 4.90 Å². The third-order valence-electron chi connectivity index (χ3n) is 2.62. The summed E-state index contributed by atoms with van der Waals surface area (Å²) in [5.41, 5.74) is 1.89. The van der Waals surface area contributed by atoms with Crippen LogP contribution in [0.5, 0.6) is 0 Å². The number of benzene rings is 1. The Hall–Kier alpha value is -1.80. The number of carboxylic acids is 1. The van der Waals surface area contributed by atoms with Crippen LogP contribution in [0.4, 0.5) is 5.69 Å². The molecule has 0 aliphatic rings. The highest BCUT2D eigenvalue weighted by molar-refractivity contribution is 7.97. The molecule has 2 rings (SSSR count). The first-order valence-corrected chi connectivity index (χ1v) is 7.68. The second-order valence-electron chi connectivity index (χ2n) is 4.46. The first-order valence-electron chi connectivity index (χ1n) is 6.13. The van der Waals surface area contributed by atoms with Gasteiger partial charge in [0.1, 0.15) is 12.0 Å². The van der Waals surface area contributed by atoms with E-state index in [-0.39, 0.29) is 12.8 Å². The van der Waals surface area contributed by atoms with Crippen LogP contribution in [0.15, 0.2) is 22.5 Å². The lowest BCUT2D eigenvalue weighted by atomic mass is 10.3. The maximum absolute atomic E-state index is 11.3. The van der Waals surface area contributed by atoms with Gasteiger partial charge in [0.15, 0.2) is 4.34 Å². The molecule has 1 N–H and O–H groups in total. The normalized spacial score (nSPS) is 10.6. The Morgan fingerprint density at radius 3 is 2.81 bits per heavy atom. The van der Waals surface area contributed by atoms with E-state index < -0.39 is 11.9 Å². The van der Waals surface area contributed by atoms with Crippen molar-refractivity contribution in [1.82, 2.24) is 4.98 Å². The molecule has 0 amide bonds. The molecule has 0 bridgehead atoms. The van der Waals surface area contributed by atoms with Crippen molar-refractivity contribution in [2.75, 3.05) is 19.0 Å². The molecule has 8 heteroatoms. The molecule has 112 valence electrons. The van der Waals surface area contributed by atoms with Crippen LogP contribution in [-0.2, 0) is 13.8 Å². The molecule has 6 nitrogen and oxygen atoms in total. The summed E-state index contributed by atoms with van der Waals surface area (Å²) in [7, 11) is 3.90. The third-order valence-corrected chi connectivity index (χ3v) is 4.41. The molecule has 0 saturated carbocycles. The van der Waals surface area contributed by atoms with E-state index >= 15 is 0 Å². The number of hydrogen-bond acceptors (Lipinski definition) is 7. The Balaban J connectivity index is 1.99. The highest BCUT2D eigenvalue weighted by Gasteiger charge is 2.11. The number of hydrogen-bond donors (Lipinski definition) is 1. The standard InChI is InChI=1S/C13H14N2O4S2/c1-15(2)8-3-4-10-9(7-8)14-13(20-10)21-19-12(18)6-5-11(16)17/h3-4,7H,5-6H2,1-2H3,(H,16,17). The maximum atomic E-state index is 11.3. The Morgan fingerprint density at radius 2 is 2.14 bits per heavy atom. The maximum Gasteiger partial charge on any atom is 0.318 e. The third kappa shape index (κ3) is 4.33.